The summed E-state index contributed by atoms with van der Waals surface area (Å²) in [5.41, 5.74) is 2.20. The van der Waals surface area contributed by atoms with Gasteiger partial charge >= 0.3 is 0 Å². The Kier molecular flexibility index (Phi) is 3.14. The zero-order valence-electron chi connectivity index (χ0n) is 12.4. The molecule has 0 saturated heterocycles. The summed E-state index contributed by atoms with van der Waals surface area (Å²) in [4.78, 5) is 0. The van der Waals surface area contributed by atoms with Gasteiger partial charge in [0.25, 0.3) is 0 Å². The van der Waals surface area contributed by atoms with E-state index in [1.54, 1.807) is 0 Å². The van der Waals surface area contributed by atoms with Gasteiger partial charge in [-0.3, -0.25) is 0 Å². The number of hydrogen-bond acceptors (Lipinski definition) is 1. The Morgan fingerprint density at radius 1 is 0.900 bits per heavy atom. The molecule has 0 bridgehead atoms. The molecule has 0 aromatic heterocycles. The Labute approximate surface area is 122 Å². The highest BCUT2D eigenvalue weighted by molar-refractivity contribution is 5.36. The smallest absolute Gasteiger partial charge is 0.0902 e. The van der Waals surface area contributed by atoms with Crippen molar-refractivity contribution >= 4 is 0 Å². The van der Waals surface area contributed by atoms with Crippen LogP contribution in [0.5, 0.6) is 0 Å². The van der Waals surface area contributed by atoms with Crippen LogP contribution in [0, 0.1) is 11.8 Å². The summed E-state index contributed by atoms with van der Waals surface area (Å²) < 4.78 is 0. The summed E-state index contributed by atoms with van der Waals surface area (Å²) in [6, 6.07) is 8.76. The van der Waals surface area contributed by atoms with Crippen molar-refractivity contribution in [1.82, 2.24) is 0 Å². The van der Waals surface area contributed by atoms with Crippen LogP contribution in [0.4, 0.5) is 0 Å². The Bertz CT molecular complexity index is 486. The van der Waals surface area contributed by atoms with E-state index in [-0.39, 0.29) is 0 Å². The Hall–Kier alpha value is -0.820. The number of benzene rings is 1. The van der Waals surface area contributed by atoms with Gasteiger partial charge in [0.05, 0.1) is 5.60 Å². The van der Waals surface area contributed by atoms with Gasteiger partial charge in [-0.1, -0.05) is 30.7 Å². The summed E-state index contributed by atoms with van der Waals surface area (Å²) in [5.74, 6) is 2.43. The molecule has 0 spiro atoms. The van der Waals surface area contributed by atoms with Crippen molar-refractivity contribution in [3.05, 3.63) is 35.4 Å². The second-order valence-corrected chi connectivity index (χ2v) is 7.44. The summed E-state index contributed by atoms with van der Waals surface area (Å²) >= 11 is 0. The Morgan fingerprint density at radius 3 is 2.40 bits per heavy atom. The van der Waals surface area contributed by atoms with E-state index in [0.717, 1.165) is 30.6 Å². The average molecular weight is 270 g/mol. The molecule has 1 heteroatoms. The lowest BCUT2D eigenvalue weighted by atomic mass is 9.68. The zero-order chi connectivity index (χ0) is 13.6. The lowest BCUT2D eigenvalue weighted by Gasteiger charge is -2.40. The maximum atomic E-state index is 11.3. The fraction of sp³-hybridized carbons (Fsp3) is 0.684. The number of aliphatic hydroxyl groups is 1. The molecule has 2 atom stereocenters. The van der Waals surface area contributed by atoms with E-state index in [2.05, 4.69) is 24.3 Å². The molecule has 0 amide bonds. The van der Waals surface area contributed by atoms with Gasteiger partial charge in [-0.2, -0.15) is 0 Å². The van der Waals surface area contributed by atoms with Crippen LogP contribution in [0.1, 0.15) is 74.8 Å². The third kappa shape index (κ3) is 2.20. The van der Waals surface area contributed by atoms with Crippen molar-refractivity contribution in [2.75, 3.05) is 0 Å². The molecule has 0 heterocycles. The van der Waals surface area contributed by atoms with E-state index in [1.807, 2.05) is 0 Å². The third-order valence-corrected chi connectivity index (χ3v) is 6.06. The fourth-order valence-electron chi connectivity index (χ4n) is 4.51. The van der Waals surface area contributed by atoms with Crippen LogP contribution >= 0.6 is 0 Å². The second kappa shape index (κ2) is 4.87. The molecule has 1 aromatic carbocycles. The zero-order valence-corrected chi connectivity index (χ0v) is 12.4. The minimum atomic E-state index is -0.530. The van der Waals surface area contributed by atoms with Gasteiger partial charge in [-0.15, -0.1) is 0 Å². The van der Waals surface area contributed by atoms with Crippen LogP contribution in [-0.2, 0) is 5.60 Å². The minimum absolute atomic E-state index is 0.530. The van der Waals surface area contributed by atoms with Crippen molar-refractivity contribution < 1.29 is 5.11 Å². The summed E-state index contributed by atoms with van der Waals surface area (Å²) in [5, 5.41) is 11.3. The molecule has 1 N–H and O–H groups in total. The highest BCUT2D eigenvalue weighted by atomic mass is 16.3. The molecular formula is C19H26O. The maximum absolute atomic E-state index is 11.3. The van der Waals surface area contributed by atoms with E-state index in [1.165, 1.54) is 56.1 Å². The Morgan fingerprint density at radius 2 is 1.70 bits per heavy atom. The SMILES string of the molecule is OC1(c2ccccc2C2CCC2)CCCC(C2CC2)C1. The average Bonchev–Trinajstić information content (AvgIpc) is 3.21. The normalized spacial score (nSPS) is 34.8. The van der Waals surface area contributed by atoms with Gasteiger partial charge in [-0.25, -0.2) is 0 Å². The first-order valence-corrected chi connectivity index (χ1v) is 8.58. The van der Waals surface area contributed by atoms with Gasteiger partial charge in [0, 0.05) is 0 Å². The summed E-state index contributed by atoms with van der Waals surface area (Å²) in [6.07, 6.45) is 11.4. The summed E-state index contributed by atoms with van der Waals surface area (Å²) in [6.45, 7) is 0. The van der Waals surface area contributed by atoms with Crippen molar-refractivity contribution in [3.63, 3.8) is 0 Å². The third-order valence-electron chi connectivity index (χ3n) is 6.06. The van der Waals surface area contributed by atoms with Crippen LogP contribution < -0.4 is 0 Å². The molecule has 3 aliphatic rings. The molecule has 0 radical (unpaired) electrons. The van der Waals surface area contributed by atoms with Crippen molar-refractivity contribution in [3.8, 4) is 0 Å². The van der Waals surface area contributed by atoms with Gasteiger partial charge in [0.2, 0.25) is 0 Å². The van der Waals surface area contributed by atoms with Crippen molar-refractivity contribution in [2.24, 2.45) is 11.8 Å². The largest absolute Gasteiger partial charge is 0.385 e. The quantitative estimate of drug-likeness (QED) is 0.841. The Balaban J connectivity index is 1.64. The first-order chi connectivity index (χ1) is 9.76. The van der Waals surface area contributed by atoms with E-state index in [9.17, 15) is 5.11 Å². The van der Waals surface area contributed by atoms with Crippen LogP contribution in [0.3, 0.4) is 0 Å². The predicted molar refractivity (Wildman–Crippen MR) is 81.6 cm³/mol. The molecule has 1 aromatic rings. The molecule has 4 rings (SSSR count). The number of rotatable bonds is 3. The topological polar surface area (TPSA) is 20.2 Å². The van der Waals surface area contributed by atoms with Crippen LogP contribution in [-0.4, -0.2) is 5.11 Å². The first kappa shape index (κ1) is 12.9. The highest BCUT2D eigenvalue weighted by Crippen LogP contribution is 2.51. The van der Waals surface area contributed by atoms with Gasteiger partial charge in [0.1, 0.15) is 0 Å². The predicted octanol–water partition coefficient (Wildman–Crippen LogP) is 4.74. The lowest BCUT2D eigenvalue weighted by Crippen LogP contribution is -2.35. The van der Waals surface area contributed by atoms with Crippen LogP contribution in [0.25, 0.3) is 0 Å². The monoisotopic (exact) mass is 270 g/mol. The molecule has 3 fully saturated rings. The highest BCUT2D eigenvalue weighted by Gasteiger charge is 2.43. The lowest BCUT2D eigenvalue weighted by molar-refractivity contribution is -0.0263. The van der Waals surface area contributed by atoms with Crippen molar-refractivity contribution in [1.29, 1.82) is 0 Å². The van der Waals surface area contributed by atoms with E-state index in [0.29, 0.717) is 0 Å². The minimum Gasteiger partial charge on any atom is -0.385 e. The van der Waals surface area contributed by atoms with Crippen LogP contribution in [0.2, 0.25) is 0 Å². The second-order valence-electron chi connectivity index (χ2n) is 7.44. The summed E-state index contributed by atoms with van der Waals surface area (Å²) in [7, 11) is 0. The molecule has 20 heavy (non-hydrogen) atoms. The fourth-order valence-corrected chi connectivity index (χ4v) is 4.51. The molecule has 3 aliphatic carbocycles. The molecule has 1 nitrogen and oxygen atoms in total. The van der Waals surface area contributed by atoms with Gasteiger partial charge in [0.15, 0.2) is 0 Å². The van der Waals surface area contributed by atoms with Crippen molar-refractivity contribution in [2.45, 2.75) is 69.3 Å². The molecule has 3 saturated carbocycles. The standard InChI is InChI=1S/C19H26O/c20-19(12-4-7-16(13-19)14-10-11-14)18-9-2-1-8-17(18)15-5-3-6-15/h1-2,8-9,14-16,20H,3-7,10-13H2. The molecule has 2 unspecified atom stereocenters. The van der Waals surface area contributed by atoms with Gasteiger partial charge in [-0.05, 0) is 80.2 Å². The molecular weight excluding hydrogens is 244 g/mol. The molecule has 0 aliphatic heterocycles. The van der Waals surface area contributed by atoms with Crippen LogP contribution in [0.15, 0.2) is 24.3 Å². The van der Waals surface area contributed by atoms with E-state index < -0.39 is 5.60 Å². The van der Waals surface area contributed by atoms with E-state index >= 15 is 0 Å². The van der Waals surface area contributed by atoms with E-state index in [4.69, 9.17) is 0 Å². The maximum Gasteiger partial charge on any atom is 0.0902 e. The number of hydrogen-bond donors (Lipinski definition) is 1. The molecule has 108 valence electrons. The first-order valence-electron chi connectivity index (χ1n) is 8.58. The van der Waals surface area contributed by atoms with Gasteiger partial charge < -0.3 is 5.11 Å².